The van der Waals surface area contributed by atoms with Crippen LogP contribution in [-0.2, 0) is 0 Å². The van der Waals surface area contributed by atoms with Crippen LogP contribution in [0, 0.1) is 0 Å². The van der Waals surface area contributed by atoms with Crippen LogP contribution >= 0.6 is 23.4 Å². The van der Waals surface area contributed by atoms with Crippen LogP contribution in [-0.4, -0.2) is 11.4 Å². The number of nitrogens with two attached hydrogens (primary N) is 1. The second-order valence-electron chi connectivity index (χ2n) is 2.95. The van der Waals surface area contributed by atoms with Gasteiger partial charge in [-0.3, -0.25) is 0 Å². The van der Waals surface area contributed by atoms with Crippen molar-refractivity contribution in [3.63, 3.8) is 0 Å². The average molecular weight is 241 g/mol. The van der Waals surface area contributed by atoms with Crippen molar-refractivity contribution in [2.45, 2.75) is 4.90 Å². The first-order valence-corrected chi connectivity index (χ1v) is 5.86. The Balaban J connectivity index is 2.56. The van der Waals surface area contributed by atoms with Crippen molar-refractivity contribution in [1.29, 1.82) is 0 Å². The molecule has 1 heterocycles. The molecule has 2 aromatic rings. The fourth-order valence-electron chi connectivity index (χ4n) is 1.29. The molecule has 0 radical (unpaired) electrons. The standard InChI is InChI=1S/C10H9ClN2OS/c1-15-6-2-3-9(11)7(4-6)8-5-13-14-10(8)12/h2-5H,12H2,1H3. The molecular weight excluding hydrogens is 232 g/mol. The van der Waals surface area contributed by atoms with Crippen molar-refractivity contribution >= 4 is 29.2 Å². The number of anilines is 1. The van der Waals surface area contributed by atoms with Crippen molar-refractivity contribution in [1.82, 2.24) is 5.16 Å². The van der Waals surface area contributed by atoms with Gasteiger partial charge < -0.3 is 10.3 Å². The molecule has 0 aliphatic heterocycles. The molecule has 0 unspecified atom stereocenters. The van der Waals surface area contributed by atoms with E-state index in [1.165, 1.54) is 0 Å². The van der Waals surface area contributed by atoms with E-state index in [0.717, 1.165) is 16.0 Å². The summed E-state index contributed by atoms with van der Waals surface area (Å²) in [6, 6.07) is 5.77. The van der Waals surface area contributed by atoms with Crippen molar-refractivity contribution in [3.05, 3.63) is 29.4 Å². The number of aromatic nitrogens is 1. The van der Waals surface area contributed by atoms with E-state index in [9.17, 15) is 0 Å². The summed E-state index contributed by atoms with van der Waals surface area (Å²) in [5.74, 6) is 0.287. The molecule has 0 fully saturated rings. The Morgan fingerprint density at radius 2 is 2.20 bits per heavy atom. The summed E-state index contributed by atoms with van der Waals surface area (Å²) >= 11 is 7.73. The quantitative estimate of drug-likeness (QED) is 0.819. The molecule has 0 aliphatic carbocycles. The highest BCUT2D eigenvalue weighted by Gasteiger charge is 2.11. The van der Waals surface area contributed by atoms with Crippen molar-refractivity contribution < 1.29 is 4.52 Å². The van der Waals surface area contributed by atoms with Crippen LogP contribution in [0.4, 0.5) is 5.88 Å². The van der Waals surface area contributed by atoms with Crippen molar-refractivity contribution in [3.8, 4) is 11.1 Å². The van der Waals surface area contributed by atoms with Crippen LogP contribution < -0.4 is 5.73 Å². The zero-order chi connectivity index (χ0) is 10.8. The van der Waals surface area contributed by atoms with Crippen LogP contribution in [0.3, 0.4) is 0 Å². The van der Waals surface area contributed by atoms with Gasteiger partial charge in [0.25, 0.3) is 0 Å². The molecular formula is C10H9ClN2OS. The topological polar surface area (TPSA) is 52.0 Å². The van der Waals surface area contributed by atoms with Crippen LogP contribution in [0.2, 0.25) is 5.02 Å². The van der Waals surface area contributed by atoms with Crippen molar-refractivity contribution in [2.75, 3.05) is 12.0 Å². The Labute approximate surface area is 96.6 Å². The minimum Gasteiger partial charge on any atom is -0.367 e. The Bertz CT molecular complexity index is 484. The Morgan fingerprint density at radius 3 is 2.80 bits per heavy atom. The normalized spacial score (nSPS) is 10.5. The number of hydrogen-bond acceptors (Lipinski definition) is 4. The number of rotatable bonds is 2. The summed E-state index contributed by atoms with van der Waals surface area (Å²) in [6.45, 7) is 0. The first-order valence-electron chi connectivity index (χ1n) is 4.26. The fourth-order valence-corrected chi connectivity index (χ4v) is 1.95. The fraction of sp³-hybridized carbons (Fsp3) is 0.100. The molecule has 0 saturated carbocycles. The summed E-state index contributed by atoms with van der Waals surface area (Å²) in [5.41, 5.74) is 7.22. The lowest BCUT2D eigenvalue weighted by atomic mass is 10.1. The van der Waals surface area contributed by atoms with E-state index < -0.39 is 0 Å². The molecule has 0 atom stereocenters. The molecule has 1 aromatic carbocycles. The number of nitrogens with zero attached hydrogens (tertiary/aromatic N) is 1. The van der Waals surface area contributed by atoms with Gasteiger partial charge in [-0.25, -0.2) is 0 Å². The molecule has 0 bridgehead atoms. The van der Waals surface area contributed by atoms with Gasteiger partial charge in [-0.1, -0.05) is 16.8 Å². The van der Waals surface area contributed by atoms with E-state index in [1.54, 1.807) is 18.0 Å². The molecule has 3 nitrogen and oxygen atoms in total. The van der Waals surface area contributed by atoms with Crippen LogP contribution in [0.5, 0.6) is 0 Å². The van der Waals surface area contributed by atoms with Crippen LogP contribution in [0.1, 0.15) is 0 Å². The molecule has 0 saturated heterocycles. The lowest BCUT2D eigenvalue weighted by Crippen LogP contribution is -1.86. The lowest BCUT2D eigenvalue weighted by molar-refractivity contribution is 0.436. The maximum Gasteiger partial charge on any atom is 0.230 e. The molecule has 0 aliphatic rings. The maximum absolute atomic E-state index is 6.08. The van der Waals surface area contributed by atoms with Gasteiger partial charge in [0.15, 0.2) is 0 Å². The monoisotopic (exact) mass is 240 g/mol. The zero-order valence-electron chi connectivity index (χ0n) is 8.03. The Kier molecular flexibility index (Phi) is 2.88. The van der Waals surface area contributed by atoms with Crippen molar-refractivity contribution in [2.24, 2.45) is 0 Å². The number of benzene rings is 1. The van der Waals surface area contributed by atoms with Gasteiger partial charge in [-0.15, -0.1) is 11.8 Å². The highest BCUT2D eigenvalue weighted by molar-refractivity contribution is 7.98. The summed E-state index contributed by atoms with van der Waals surface area (Å²) < 4.78 is 4.81. The van der Waals surface area contributed by atoms with Gasteiger partial charge >= 0.3 is 0 Å². The summed E-state index contributed by atoms with van der Waals surface area (Å²) in [4.78, 5) is 1.12. The largest absolute Gasteiger partial charge is 0.367 e. The molecule has 5 heteroatoms. The van der Waals surface area contributed by atoms with E-state index in [4.69, 9.17) is 21.9 Å². The van der Waals surface area contributed by atoms with Gasteiger partial charge in [-0.2, -0.15) is 0 Å². The minimum atomic E-state index is 0.287. The highest BCUT2D eigenvalue weighted by Crippen LogP contribution is 2.34. The van der Waals surface area contributed by atoms with Gasteiger partial charge in [-0.05, 0) is 24.5 Å². The SMILES string of the molecule is CSc1ccc(Cl)c(-c2cnoc2N)c1. The van der Waals surface area contributed by atoms with Gasteiger partial charge in [0.2, 0.25) is 5.88 Å². The molecule has 0 spiro atoms. The molecule has 2 N–H and O–H groups in total. The van der Waals surface area contributed by atoms with Gasteiger partial charge in [0.05, 0.1) is 11.8 Å². The summed E-state index contributed by atoms with van der Waals surface area (Å²) in [7, 11) is 0. The second kappa shape index (κ2) is 4.16. The Morgan fingerprint density at radius 1 is 1.40 bits per heavy atom. The third-order valence-corrected chi connectivity index (χ3v) is 3.12. The average Bonchev–Trinajstić information content (AvgIpc) is 2.65. The number of thioether (sulfide) groups is 1. The summed E-state index contributed by atoms with van der Waals surface area (Å²) in [6.07, 6.45) is 3.57. The van der Waals surface area contributed by atoms with E-state index in [-0.39, 0.29) is 5.88 Å². The smallest absolute Gasteiger partial charge is 0.230 e. The Hall–Kier alpha value is -1.13. The first-order chi connectivity index (χ1) is 7.22. The zero-order valence-corrected chi connectivity index (χ0v) is 9.60. The lowest BCUT2D eigenvalue weighted by Gasteiger charge is -2.03. The van der Waals surface area contributed by atoms with E-state index in [2.05, 4.69) is 5.16 Å². The van der Waals surface area contributed by atoms with Gasteiger partial charge in [0, 0.05) is 15.5 Å². The van der Waals surface area contributed by atoms with Crippen LogP contribution in [0.25, 0.3) is 11.1 Å². The maximum atomic E-state index is 6.08. The highest BCUT2D eigenvalue weighted by atomic mass is 35.5. The molecule has 2 rings (SSSR count). The number of nitrogen functional groups attached to an aromatic ring is 1. The van der Waals surface area contributed by atoms with Gasteiger partial charge in [0.1, 0.15) is 0 Å². The third-order valence-electron chi connectivity index (χ3n) is 2.06. The summed E-state index contributed by atoms with van der Waals surface area (Å²) in [5, 5.41) is 4.27. The number of halogens is 1. The van der Waals surface area contributed by atoms with Crippen LogP contribution in [0.15, 0.2) is 33.8 Å². The first kappa shape index (κ1) is 10.4. The predicted molar refractivity (Wildman–Crippen MR) is 63.1 cm³/mol. The molecule has 1 aromatic heterocycles. The second-order valence-corrected chi connectivity index (χ2v) is 4.24. The predicted octanol–water partition coefficient (Wildman–Crippen LogP) is 3.30. The minimum absolute atomic E-state index is 0.287. The van der Waals surface area contributed by atoms with E-state index >= 15 is 0 Å². The molecule has 78 valence electrons. The molecule has 15 heavy (non-hydrogen) atoms. The molecule has 0 amide bonds. The van der Waals surface area contributed by atoms with E-state index in [1.807, 2.05) is 24.5 Å². The number of hydrogen-bond donors (Lipinski definition) is 1. The third kappa shape index (κ3) is 1.96. The van der Waals surface area contributed by atoms with E-state index in [0.29, 0.717) is 5.02 Å².